The maximum absolute atomic E-state index is 4.52. The van der Waals surface area contributed by atoms with Crippen LogP contribution in [0.25, 0.3) is 0 Å². The van der Waals surface area contributed by atoms with Gasteiger partial charge in [-0.15, -0.1) is 0 Å². The predicted octanol–water partition coefficient (Wildman–Crippen LogP) is 2.33. The molecule has 1 aliphatic rings. The van der Waals surface area contributed by atoms with Crippen molar-refractivity contribution in [3.8, 4) is 0 Å². The highest BCUT2D eigenvalue weighted by Gasteiger charge is 2.28. The van der Waals surface area contributed by atoms with Crippen LogP contribution in [0.3, 0.4) is 0 Å². The lowest BCUT2D eigenvalue weighted by molar-refractivity contribution is 0.544. The molecule has 2 heterocycles. The molecule has 0 spiro atoms. The Morgan fingerprint density at radius 2 is 2.00 bits per heavy atom. The summed E-state index contributed by atoms with van der Waals surface area (Å²) in [6.45, 7) is 9.71. The summed E-state index contributed by atoms with van der Waals surface area (Å²) in [6, 6.07) is 2.68. The van der Waals surface area contributed by atoms with Crippen LogP contribution in [0.15, 0.2) is 6.07 Å². The quantitative estimate of drug-likeness (QED) is 0.704. The third-order valence-corrected chi connectivity index (χ3v) is 3.39. The van der Waals surface area contributed by atoms with Gasteiger partial charge in [-0.2, -0.15) is 0 Å². The van der Waals surface area contributed by atoms with Crippen LogP contribution in [-0.2, 0) is 0 Å². The second kappa shape index (κ2) is 3.80. The van der Waals surface area contributed by atoms with Crippen molar-refractivity contribution in [1.29, 1.82) is 0 Å². The average Bonchev–Trinajstić information content (AvgIpc) is 2.46. The minimum absolute atomic E-state index is 0.596. The van der Waals surface area contributed by atoms with Crippen molar-refractivity contribution in [2.75, 3.05) is 11.4 Å². The molecule has 0 N–H and O–H groups in total. The Labute approximate surface area is 91.5 Å². The first-order chi connectivity index (χ1) is 7.08. The Morgan fingerprint density at radius 1 is 1.27 bits per heavy atom. The molecule has 2 atom stereocenters. The van der Waals surface area contributed by atoms with Gasteiger partial charge in [-0.3, -0.25) is 0 Å². The van der Waals surface area contributed by atoms with Gasteiger partial charge in [0.2, 0.25) is 0 Å². The van der Waals surface area contributed by atoms with E-state index in [1.165, 1.54) is 6.42 Å². The largest absolute Gasteiger partial charge is 0.354 e. The minimum atomic E-state index is 0.596. The molecule has 82 valence electrons. The highest BCUT2D eigenvalue weighted by molar-refractivity contribution is 5.42. The van der Waals surface area contributed by atoms with Crippen LogP contribution in [0.2, 0.25) is 0 Å². The molecule has 1 aromatic heterocycles. The summed E-state index contributed by atoms with van der Waals surface area (Å²) in [5.41, 5.74) is 1.06. The number of aryl methyl sites for hydroxylation is 2. The fourth-order valence-corrected chi connectivity index (χ4v) is 2.26. The van der Waals surface area contributed by atoms with Gasteiger partial charge in [0.15, 0.2) is 0 Å². The van der Waals surface area contributed by atoms with Crippen molar-refractivity contribution < 1.29 is 0 Å². The third kappa shape index (κ3) is 1.96. The van der Waals surface area contributed by atoms with E-state index in [2.05, 4.69) is 34.8 Å². The molecule has 0 aliphatic carbocycles. The first kappa shape index (κ1) is 10.4. The van der Waals surface area contributed by atoms with Gasteiger partial charge in [-0.25, -0.2) is 9.97 Å². The van der Waals surface area contributed by atoms with Crippen LogP contribution < -0.4 is 4.90 Å². The topological polar surface area (TPSA) is 29.0 Å². The van der Waals surface area contributed by atoms with Gasteiger partial charge in [-0.05, 0) is 33.1 Å². The van der Waals surface area contributed by atoms with E-state index < -0.39 is 0 Å². The van der Waals surface area contributed by atoms with Gasteiger partial charge in [0.1, 0.15) is 11.6 Å². The van der Waals surface area contributed by atoms with E-state index >= 15 is 0 Å². The average molecular weight is 205 g/mol. The first-order valence-electron chi connectivity index (χ1n) is 5.67. The van der Waals surface area contributed by atoms with Crippen LogP contribution in [0.1, 0.15) is 31.8 Å². The second-order valence-electron chi connectivity index (χ2n) is 4.61. The standard InChI is InChI=1S/C12H19N3/c1-8-5-6-15(10(8)3)12-7-9(2)13-11(4)14-12/h7-8,10H,5-6H2,1-4H3. The van der Waals surface area contributed by atoms with Gasteiger partial charge in [-0.1, -0.05) is 6.92 Å². The summed E-state index contributed by atoms with van der Waals surface area (Å²) in [5.74, 6) is 2.73. The van der Waals surface area contributed by atoms with E-state index in [-0.39, 0.29) is 0 Å². The Kier molecular flexibility index (Phi) is 2.63. The molecule has 3 nitrogen and oxygen atoms in total. The molecule has 0 saturated carbocycles. The van der Waals surface area contributed by atoms with Crippen molar-refractivity contribution in [1.82, 2.24) is 9.97 Å². The van der Waals surface area contributed by atoms with Crippen LogP contribution in [0.5, 0.6) is 0 Å². The summed E-state index contributed by atoms with van der Waals surface area (Å²) in [6.07, 6.45) is 1.27. The van der Waals surface area contributed by atoms with E-state index in [1.807, 2.05) is 13.8 Å². The van der Waals surface area contributed by atoms with Crippen LogP contribution in [0, 0.1) is 19.8 Å². The Hall–Kier alpha value is -1.12. The number of anilines is 1. The Bertz CT molecular complexity index is 342. The molecule has 1 aliphatic heterocycles. The molecule has 3 heteroatoms. The molecular formula is C12H19N3. The van der Waals surface area contributed by atoms with Crippen molar-refractivity contribution in [3.63, 3.8) is 0 Å². The lowest BCUT2D eigenvalue weighted by Crippen LogP contribution is -2.30. The summed E-state index contributed by atoms with van der Waals surface area (Å²) >= 11 is 0. The van der Waals surface area contributed by atoms with Gasteiger partial charge < -0.3 is 4.90 Å². The van der Waals surface area contributed by atoms with Gasteiger partial charge >= 0.3 is 0 Å². The number of hydrogen-bond acceptors (Lipinski definition) is 3. The van der Waals surface area contributed by atoms with Gasteiger partial charge in [0.25, 0.3) is 0 Å². The molecule has 1 fully saturated rings. The normalized spacial score (nSPS) is 26.0. The molecule has 2 rings (SSSR count). The Balaban J connectivity index is 2.30. The molecule has 15 heavy (non-hydrogen) atoms. The molecule has 2 unspecified atom stereocenters. The maximum Gasteiger partial charge on any atom is 0.132 e. The van der Waals surface area contributed by atoms with E-state index in [1.54, 1.807) is 0 Å². The highest BCUT2D eigenvalue weighted by atomic mass is 15.2. The zero-order chi connectivity index (χ0) is 11.0. The van der Waals surface area contributed by atoms with Crippen LogP contribution in [0.4, 0.5) is 5.82 Å². The predicted molar refractivity (Wildman–Crippen MR) is 62.1 cm³/mol. The summed E-state index contributed by atoms with van der Waals surface area (Å²) < 4.78 is 0. The lowest BCUT2D eigenvalue weighted by atomic mass is 10.1. The zero-order valence-corrected chi connectivity index (χ0v) is 9.99. The first-order valence-corrected chi connectivity index (χ1v) is 5.67. The van der Waals surface area contributed by atoms with Crippen LogP contribution in [-0.4, -0.2) is 22.6 Å². The number of rotatable bonds is 1. The molecule has 1 aromatic rings. The van der Waals surface area contributed by atoms with Crippen molar-refractivity contribution >= 4 is 5.82 Å². The smallest absolute Gasteiger partial charge is 0.132 e. The number of aromatic nitrogens is 2. The van der Waals surface area contributed by atoms with Crippen molar-refractivity contribution in [3.05, 3.63) is 17.6 Å². The Morgan fingerprint density at radius 3 is 2.53 bits per heavy atom. The molecular weight excluding hydrogens is 186 g/mol. The minimum Gasteiger partial charge on any atom is -0.354 e. The van der Waals surface area contributed by atoms with Gasteiger partial charge in [0, 0.05) is 24.3 Å². The molecule has 0 radical (unpaired) electrons. The summed E-state index contributed by atoms with van der Waals surface area (Å²) in [4.78, 5) is 11.2. The highest BCUT2D eigenvalue weighted by Crippen LogP contribution is 2.28. The molecule has 0 bridgehead atoms. The number of hydrogen-bond donors (Lipinski definition) is 0. The van der Waals surface area contributed by atoms with E-state index in [0.717, 1.165) is 29.8 Å². The third-order valence-electron chi connectivity index (χ3n) is 3.39. The zero-order valence-electron chi connectivity index (χ0n) is 9.99. The lowest BCUT2D eigenvalue weighted by Gasteiger charge is -2.24. The molecule has 1 saturated heterocycles. The summed E-state index contributed by atoms with van der Waals surface area (Å²) in [7, 11) is 0. The SMILES string of the molecule is Cc1cc(N2CCC(C)C2C)nc(C)n1. The van der Waals surface area contributed by atoms with E-state index in [9.17, 15) is 0 Å². The second-order valence-corrected chi connectivity index (χ2v) is 4.61. The summed E-state index contributed by atoms with van der Waals surface area (Å²) in [5, 5.41) is 0. The van der Waals surface area contributed by atoms with Gasteiger partial charge in [0.05, 0.1) is 0 Å². The van der Waals surface area contributed by atoms with Crippen molar-refractivity contribution in [2.24, 2.45) is 5.92 Å². The number of nitrogens with zero attached hydrogens (tertiary/aromatic N) is 3. The van der Waals surface area contributed by atoms with E-state index in [0.29, 0.717) is 6.04 Å². The molecule has 0 aromatic carbocycles. The van der Waals surface area contributed by atoms with Crippen LogP contribution >= 0.6 is 0 Å². The monoisotopic (exact) mass is 205 g/mol. The van der Waals surface area contributed by atoms with E-state index in [4.69, 9.17) is 0 Å². The maximum atomic E-state index is 4.52. The molecule has 0 amide bonds. The fraction of sp³-hybridized carbons (Fsp3) is 0.667. The fourth-order valence-electron chi connectivity index (χ4n) is 2.26. The van der Waals surface area contributed by atoms with Crippen molar-refractivity contribution in [2.45, 2.75) is 40.2 Å².